The van der Waals surface area contributed by atoms with Gasteiger partial charge in [-0.05, 0) is 90.7 Å². The zero-order valence-electron chi connectivity index (χ0n) is 24.4. The van der Waals surface area contributed by atoms with Crippen molar-refractivity contribution < 1.29 is 4.57 Å². The van der Waals surface area contributed by atoms with Crippen molar-refractivity contribution in [2.24, 2.45) is 7.05 Å². The van der Waals surface area contributed by atoms with Crippen molar-refractivity contribution in [3.05, 3.63) is 119 Å². The summed E-state index contributed by atoms with van der Waals surface area (Å²) in [5, 5.41) is 10.1. The summed E-state index contributed by atoms with van der Waals surface area (Å²) in [5.74, 6) is 2.13. The van der Waals surface area contributed by atoms with Crippen LogP contribution in [0.2, 0.25) is 0 Å². The monoisotopic (exact) mass is 571 g/mol. The average molecular weight is 572 g/mol. The van der Waals surface area contributed by atoms with Crippen LogP contribution in [0, 0.1) is 0 Å². The van der Waals surface area contributed by atoms with Gasteiger partial charge in [0.1, 0.15) is 7.05 Å². The minimum absolute atomic E-state index is 0.951. The van der Waals surface area contributed by atoms with Gasteiger partial charge < -0.3 is 16.0 Å². The SMILES string of the molecule is C/C=C(\C=C/NC)C(/C)=C/c1ccc(NCCSSCCNc2ccc(/C=C(\C)c3cc[n+](C)cc3)cc2)cc1. The number of allylic oxidation sites excluding steroid dienone is 5. The molecule has 0 aliphatic heterocycles. The zero-order chi connectivity index (χ0) is 28.6. The van der Waals surface area contributed by atoms with E-state index in [1.54, 1.807) is 0 Å². The molecule has 0 amide bonds. The maximum absolute atomic E-state index is 3.53. The van der Waals surface area contributed by atoms with Crippen molar-refractivity contribution in [1.82, 2.24) is 5.32 Å². The fourth-order valence-corrected chi connectivity index (χ4v) is 5.86. The molecule has 40 heavy (non-hydrogen) atoms. The largest absolute Gasteiger partial charge is 0.394 e. The number of nitrogens with zero attached hydrogens (tertiary/aromatic N) is 1. The molecule has 0 saturated heterocycles. The number of pyridine rings is 1. The van der Waals surface area contributed by atoms with Crippen LogP contribution < -0.4 is 20.5 Å². The molecule has 0 radical (unpaired) electrons. The summed E-state index contributed by atoms with van der Waals surface area (Å²) >= 11 is 0. The molecule has 210 valence electrons. The lowest BCUT2D eigenvalue weighted by molar-refractivity contribution is -0.671. The van der Waals surface area contributed by atoms with Crippen molar-refractivity contribution in [1.29, 1.82) is 0 Å². The third-order valence-corrected chi connectivity index (χ3v) is 8.74. The lowest BCUT2D eigenvalue weighted by Crippen LogP contribution is -2.25. The summed E-state index contributed by atoms with van der Waals surface area (Å²) in [6.07, 6.45) is 14.8. The number of nitrogens with one attached hydrogen (secondary N) is 3. The Labute approximate surface area is 249 Å². The van der Waals surface area contributed by atoms with Crippen LogP contribution in [0.25, 0.3) is 17.7 Å². The minimum Gasteiger partial charge on any atom is -0.394 e. The first-order valence-corrected chi connectivity index (χ1v) is 16.2. The summed E-state index contributed by atoms with van der Waals surface area (Å²) in [7, 11) is 7.79. The van der Waals surface area contributed by atoms with E-state index in [9.17, 15) is 0 Å². The Kier molecular flexibility index (Phi) is 13.5. The van der Waals surface area contributed by atoms with E-state index in [0.29, 0.717) is 0 Å². The maximum atomic E-state index is 3.53. The Hall–Kier alpha value is -3.35. The topological polar surface area (TPSA) is 40.0 Å². The highest BCUT2D eigenvalue weighted by atomic mass is 33.1. The highest BCUT2D eigenvalue weighted by Gasteiger charge is 2.01. The predicted octanol–water partition coefficient (Wildman–Crippen LogP) is 8.06. The van der Waals surface area contributed by atoms with Gasteiger partial charge in [0.25, 0.3) is 0 Å². The molecule has 3 N–H and O–H groups in total. The highest BCUT2D eigenvalue weighted by molar-refractivity contribution is 8.76. The Bertz CT molecular complexity index is 1290. The molecule has 0 aliphatic rings. The van der Waals surface area contributed by atoms with E-state index in [2.05, 4.69) is 139 Å². The molecule has 1 aromatic heterocycles. The van der Waals surface area contributed by atoms with Crippen LogP contribution >= 0.6 is 21.6 Å². The van der Waals surface area contributed by atoms with E-state index >= 15 is 0 Å². The third-order valence-electron chi connectivity index (χ3n) is 6.33. The molecule has 0 saturated carbocycles. The van der Waals surface area contributed by atoms with E-state index in [-0.39, 0.29) is 0 Å². The molecule has 0 fully saturated rings. The van der Waals surface area contributed by atoms with E-state index in [4.69, 9.17) is 0 Å². The van der Waals surface area contributed by atoms with Gasteiger partial charge in [-0.3, -0.25) is 0 Å². The Balaban J connectivity index is 1.30. The summed E-state index contributed by atoms with van der Waals surface area (Å²) in [4.78, 5) is 0. The first kappa shape index (κ1) is 31.2. The lowest BCUT2D eigenvalue weighted by Gasteiger charge is -2.08. The third kappa shape index (κ3) is 11.0. The molecule has 3 rings (SSSR count). The molecule has 0 unspecified atom stereocenters. The number of hydrogen-bond donors (Lipinski definition) is 3. The minimum atomic E-state index is 0.951. The molecule has 6 heteroatoms. The van der Waals surface area contributed by atoms with Crippen LogP contribution in [0.15, 0.2) is 103 Å². The number of aryl methyl sites for hydroxylation is 1. The van der Waals surface area contributed by atoms with E-state index in [0.717, 1.165) is 30.3 Å². The summed E-state index contributed by atoms with van der Waals surface area (Å²) in [6, 6.07) is 21.6. The molecule has 1 heterocycles. The van der Waals surface area contributed by atoms with Gasteiger partial charge in [-0.1, -0.05) is 64.1 Å². The van der Waals surface area contributed by atoms with E-state index in [1.807, 2.05) is 41.9 Å². The van der Waals surface area contributed by atoms with Crippen LogP contribution in [0.5, 0.6) is 0 Å². The molecular weight excluding hydrogens is 529 g/mol. The van der Waals surface area contributed by atoms with Gasteiger partial charge in [-0.2, -0.15) is 0 Å². The first-order valence-electron chi connectivity index (χ1n) is 13.7. The molecular formula is C34H43N4S2+. The summed E-state index contributed by atoms with van der Waals surface area (Å²) in [5.41, 5.74) is 9.73. The quantitative estimate of drug-likeness (QED) is 0.0745. The second kappa shape index (κ2) is 17.4. The maximum Gasteiger partial charge on any atom is 0.169 e. The molecule has 0 bridgehead atoms. The molecule has 4 nitrogen and oxygen atoms in total. The lowest BCUT2D eigenvalue weighted by atomic mass is 10.0. The summed E-state index contributed by atoms with van der Waals surface area (Å²) < 4.78 is 2.05. The van der Waals surface area contributed by atoms with Gasteiger partial charge in [-0.25, -0.2) is 4.57 Å². The number of benzene rings is 2. The van der Waals surface area contributed by atoms with Crippen LogP contribution in [-0.4, -0.2) is 31.6 Å². The van der Waals surface area contributed by atoms with Crippen LogP contribution in [0.3, 0.4) is 0 Å². The predicted molar refractivity (Wildman–Crippen MR) is 182 cm³/mol. The Morgan fingerprint density at radius 1 is 0.775 bits per heavy atom. The second-order valence-corrected chi connectivity index (χ2v) is 12.2. The average Bonchev–Trinajstić information content (AvgIpc) is 2.97. The van der Waals surface area contributed by atoms with Gasteiger partial charge in [0.15, 0.2) is 12.4 Å². The fourth-order valence-electron chi connectivity index (χ4n) is 4.05. The van der Waals surface area contributed by atoms with Crippen LogP contribution in [0.1, 0.15) is 37.5 Å². The van der Waals surface area contributed by atoms with Gasteiger partial charge >= 0.3 is 0 Å². The van der Waals surface area contributed by atoms with Gasteiger partial charge in [-0.15, -0.1) is 0 Å². The molecule has 0 spiro atoms. The molecule has 3 aromatic rings. The van der Waals surface area contributed by atoms with Crippen molar-refractivity contribution in [2.45, 2.75) is 20.8 Å². The van der Waals surface area contributed by atoms with Crippen LogP contribution in [0.4, 0.5) is 11.4 Å². The van der Waals surface area contributed by atoms with Crippen LogP contribution in [-0.2, 0) is 7.05 Å². The number of rotatable bonds is 15. The Morgan fingerprint density at radius 3 is 1.80 bits per heavy atom. The summed E-state index contributed by atoms with van der Waals surface area (Å²) in [6.45, 7) is 8.28. The van der Waals surface area contributed by atoms with Crippen molar-refractivity contribution in [3.8, 4) is 0 Å². The van der Waals surface area contributed by atoms with Gasteiger partial charge in [0, 0.05) is 55.2 Å². The van der Waals surface area contributed by atoms with Crippen molar-refractivity contribution >= 4 is 50.7 Å². The molecule has 2 aromatic carbocycles. The van der Waals surface area contributed by atoms with Crippen molar-refractivity contribution in [3.63, 3.8) is 0 Å². The molecule has 0 aliphatic carbocycles. The van der Waals surface area contributed by atoms with Gasteiger partial charge in [0.05, 0.1) is 0 Å². The van der Waals surface area contributed by atoms with E-state index < -0.39 is 0 Å². The normalized spacial score (nSPS) is 12.6. The first-order chi connectivity index (χ1) is 19.5. The smallest absolute Gasteiger partial charge is 0.169 e. The fraction of sp³-hybridized carbons (Fsp3) is 0.265. The number of anilines is 2. The van der Waals surface area contributed by atoms with Crippen molar-refractivity contribution in [2.75, 3.05) is 42.3 Å². The van der Waals surface area contributed by atoms with Gasteiger partial charge in [0.2, 0.25) is 0 Å². The second-order valence-electron chi connectivity index (χ2n) is 9.51. The number of aromatic nitrogens is 1. The Morgan fingerprint density at radius 2 is 1.30 bits per heavy atom. The van der Waals surface area contributed by atoms with E-state index in [1.165, 1.54) is 39.1 Å². The molecule has 0 atom stereocenters. The zero-order valence-corrected chi connectivity index (χ0v) is 26.0. The highest BCUT2D eigenvalue weighted by Crippen LogP contribution is 2.22. The number of hydrogen-bond acceptors (Lipinski definition) is 5. The standard InChI is InChI=1S/C34H42N4S2/c1-6-31(15-18-35-4)27(2)25-29-7-11-33(12-8-29)36-19-23-39-40-24-20-37-34-13-9-30(10-14-34)26-28(3)32-16-21-38(5)22-17-32/h6-18,21-22,25-26,35-36H,19-20,23-24H2,1-5H3/p+1/b18-15-,27-25+,31-6+.